The molecule has 0 aliphatic carbocycles. The number of hydrogen-bond acceptors (Lipinski definition) is 3. The summed E-state index contributed by atoms with van der Waals surface area (Å²) in [6, 6.07) is 0.296. The molecule has 0 saturated carbocycles. The molecule has 1 saturated heterocycles. The van der Waals surface area contributed by atoms with Crippen LogP contribution in [0.2, 0.25) is 0 Å². The Morgan fingerprint density at radius 1 is 1.17 bits per heavy atom. The van der Waals surface area contributed by atoms with Gasteiger partial charge < -0.3 is 10.3 Å². The second-order valence-electron chi connectivity index (χ2n) is 4.73. The van der Waals surface area contributed by atoms with Gasteiger partial charge in [0, 0.05) is 11.6 Å². The van der Waals surface area contributed by atoms with E-state index in [1.165, 1.54) is 5.06 Å². The van der Waals surface area contributed by atoms with E-state index >= 15 is 0 Å². The summed E-state index contributed by atoms with van der Waals surface area (Å²) in [5.41, 5.74) is -0.652. The summed E-state index contributed by atoms with van der Waals surface area (Å²) < 4.78 is 0. The van der Waals surface area contributed by atoms with Gasteiger partial charge in [-0.25, -0.2) is 0 Å². The molecular weight excluding hydrogens is 152 g/mol. The molecule has 1 atom stereocenters. The van der Waals surface area contributed by atoms with Gasteiger partial charge in [-0.15, -0.1) is 0 Å². The summed E-state index contributed by atoms with van der Waals surface area (Å²) in [5.74, 6) is 0. The molecule has 1 unspecified atom stereocenters. The van der Waals surface area contributed by atoms with Crippen LogP contribution in [-0.4, -0.2) is 34.3 Å². The van der Waals surface area contributed by atoms with Crippen molar-refractivity contribution in [3.63, 3.8) is 0 Å². The van der Waals surface area contributed by atoms with Crippen LogP contribution < -0.4 is 0 Å². The normalized spacial score (nSPS) is 35.8. The minimum atomic E-state index is -0.372. The Balaban J connectivity index is 3.03. The van der Waals surface area contributed by atoms with Gasteiger partial charge in [0.2, 0.25) is 0 Å². The fourth-order valence-corrected chi connectivity index (χ4v) is 1.97. The molecule has 0 amide bonds. The third-order valence-corrected chi connectivity index (χ3v) is 3.49. The lowest BCUT2D eigenvalue weighted by Crippen LogP contribution is -2.47. The highest BCUT2D eigenvalue weighted by atomic mass is 16.5. The average Bonchev–Trinajstić information content (AvgIpc) is 2.06. The molecule has 1 aliphatic heterocycles. The molecule has 1 rings (SSSR count). The fraction of sp³-hybridized carbons (Fsp3) is 1.00. The second-order valence-corrected chi connectivity index (χ2v) is 4.73. The molecule has 0 aromatic heterocycles. The van der Waals surface area contributed by atoms with Crippen LogP contribution in [0, 0.1) is 5.21 Å². The largest absolute Gasteiger partial charge is 0.783 e. The van der Waals surface area contributed by atoms with Gasteiger partial charge in [0.05, 0.1) is 5.66 Å². The number of rotatable bonds is 0. The summed E-state index contributed by atoms with van der Waals surface area (Å²) in [7, 11) is 2.00. The number of likely N-dealkylation sites (N-methyl/N-ethyl adjacent to an activating group) is 1. The molecule has 1 fully saturated rings. The molecule has 0 radical (unpaired) electrons. The first-order valence-corrected chi connectivity index (χ1v) is 4.42. The lowest BCUT2D eigenvalue weighted by Gasteiger charge is -2.46. The third-order valence-electron chi connectivity index (χ3n) is 3.49. The standard InChI is InChI=1S/C9H19N2O/c1-7-8(2,3)11(12)9(4,5)10(7)6/h7H,1-6H3/q-1. The number of nitrogens with zero attached hydrogens (tertiary/aromatic N) is 2. The van der Waals surface area contributed by atoms with Crippen molar-refractivity contribution < 1.29 is 0 Å². The van der Waals surface area contributed by atoms with E-state index in [0.717, 1.165) is 0 Å². The molecule has 1 heterocycles. The molecular formula is C9H19N2O-. The highest BCUT2D eigenvalue weighted by Crippen LogP contribution is 2.39. The van der Waals surface area contributed by atoms with Gasteiger partial charge in [0.15, 0.2) is 0 Å². The van der Waals surface area contributed by atoms with Crippen LogP contribution >= 0.6 is 0 Å². The van der Waals surface area contributed by atoms with Crippen LogP contribution in [0.15, 0.2) is 0 Å². The van der Waals surface area contributed by atoms with E-state index in [1.807, 2.05) is 34.7 Å². The average molecular weight is 171 g/mol. The van der Waals surface area contributed by atoms with Gasteiger partial charge in [-0.2, -0.15) is 0 Å². The van der Waals surface area contributed by atoms with Crippen LogP contribution in [0.4, 0.5) is 0 Å². The van der Waals surface area contributed by atoms with Crippen molar-refractivity contribution >= 4 is 0 Å². The van der Waals surface area contributed by atoms with Crippen LogP contribution in [-0.2, 0) is 0 Å². The first kappa shape index (κ1) is 9.96. The zero-order valence-electron chi connectivity index (χ0n) is 8.88. The van der Waals surface area contributed by atoms with Crippen molar-refractivity contribution in [2.45, 2.75) is 51.9 Å². The molecule has 0 aromatic rings. The minimum Gasteiger partial charge on any atom is -0.783 e. The minimum absolute atomic E-state index is 0.280. The molecule has 12 heavy (non-hydrogen) atoms. The smallest absolute Gasteiger partial charge is 0.0570 e. The zero-order chi connectivity index (χ0) is 9.73. The lowest BCUT2D eigenvalue weighted by atomic mass is 9.98. The fourth-order valence-electron chi connectivity index (χ4n) is 1.97. The predicted molar refractivity (Wildman–Crippen MR) is 50.6 cm³/mol. The summed E-state index contributed by atoms with van der Waals surface area (Å²) >= 11 is 0. The Hall–Kier alpha value is -0.120. The van der Waals surface area contributed by atoms with Crippen molar-refractivity contribution in [3.8, 4) is 0 Å². The van der Waals surface area contributed by atoms with Crippen molar-refractivity contribution in [3.05, 3.63) is 5.21 Å². The summed E-state index contributed by atoms with van der Waals surface area (Å²) in [5, 5.41) is 13.0. The molecule has 1 aliphatic rings. The van der Waals surface area contributed by atoms with E-state index in [2.05, 4.69) is 11.8 Å². The Morgan fingerprint density at radius 2 is 1.58 bits per heavy atom. The number of hydrogen-bond donors (Lipinski definition) is 0. The van der Waals surface area contributed by atoms with Crippen molar-refractivity contribution in [1.29, 1.82) is 0 Å². The molecule has 3 nitrogen and oxygen atoms in total. The topological polar surface area (TPSA) is 29.5 Å². The van der Waals surface area contributed by atoms with Gasteiger partial charge in [-0.3, -0.25) is 4.90 Å². The van der Waals surface area contributed by atoms with Gasteiger partial charge >= 0.3 is 0 Å². The third kappa shape index (κ3) is 1.00. The van der Waals surface area contributed by atoms with E-state index < -0.39 is 0 Å². The number of hydroxylamine groups is 2. The highest BCUT2D eigenvalue weighted by Gasteiger charge is 2.47. The Morgan fingerprint density at radius 3 is 1.67 bits per heavy atom. The van der Waals surface area contributed by atoms with Gasteiger partial charge in [0.25, 0.3) is 0 Å². The highest BCUT2D eigenvalue weighted by molar-refractivity contribution is 5.06. The van der Waals surface area contributed by atoms with Crippen LogP contribution in [0.25, 0.3) is 0 Å². The maximum atomic E-state index is 11.8. The van der Waals surface area contributed by atoms with Gasteiger partial charge in [-0.05, 0) is 41.7 Å². The Kier molecular flexibility index (Phi) is 2.02. The van der Waals surface area contributed by atoms with Crippen LogP contribution in [0.1, 0.15) is 34.6 Å². The molecule has 0 N–H and O–H groups in total. The van der Waals surface area contributed by atoms with Crippen molar-refractivity contribution in [2.24, 2.45) is 0 Å². The van der Waals surface area contributed by atoms with Crippen molar-refractivity contribution in [2.75, 3.05) is 7.05 Å². The predicted octanol–water partition coefficient (Wildman–Crippen LogP) is 1.63. The van der Waals surface area contributed by atoms with E-state index in [9.17, 15) is 5.21 Å². The zero-order valence-corrected chi connectivity index (χ0v) is 8.88. The molecule has 0 spiro atoms. The van der Waals surface area contributed by atoms with Gasteiger partial charge in [-0.1, -0.05) is 0 Å². The van der Waals surface area contributed by atoms with E-state index in [0.29, 0.717) is 6.04 Å². The SMILES string of the molecule is CC1N(C)C(C)(C)N([O-])C1(C)C. The summed E-state index contributed by atoms with van der Waals surface area (Å²) in [6.45, 7) is 10.0. The monoisotopic (exact) mass is 171 g/mol. The molecule has 0 bridgehead atoms. The first-order chi connectivity index (χ1) is 5.22. The Labute approximate surface area is 74.9 Å². The summed E-state index contributed by atoms with van der Waals surface area (Å²) in [4.78, 5) is 2.12. The van der Waals surface area contributed by atoms with E-state index in [1.54, 1.807) is 0 Å². The maximum Gasteiger partial charge on any atom is 0.0570 e. The van der Waals surface area contributed by atoms with Gasteiger partial charge in [0.1, 0.15) is 0 Å². The molecule has 72 valence electrons. The van der Waals surface area contributed by atoms with Crippen LogP contribution in [0.3, 0.4) is 0 Å². The second kappa shape index (κ2) is 2.44. The quantitative estimate of drug-likeness (QED) is 0.555. The molecule has 0 aromatic carbocycles. The maximum absolute atomic E-state index is 11.8. The Bertz CT molecular complexity index is 169. The van der Waals surface area contributed by atoms with Crippen molar-refractivity contribution in [1.82, 2.24) is 9.96 Å². The van der Waals surface area contributed by atoms with Crippen LogP contribution in [0.5, 0.6) is 0 Å². The summed E-state index contributed by atoms with van der Waals surface area (Å²) in [6.07, 6.45) is 0. The lowest BCUT2D eigenvalue weighted by molar-refractivity contribution is 0.0755. The first-order valence-electron chi connectivity index (χ1n) is 4.42. The van der Waals surface area contributed by atoms with E-state index in [4.69, 9.17) is 0 Å². The molecule has 3 heteroatoms. The van der Waals surface area contributed by atoms with E-state index in [-0.39, 0.29) is 11.2 Å².